The largest absolute Gasteiger partial charge is 0.384 e. The summed E-state index contributed by atoms with van der Waals surface area (Å²) in [6.07, 6.45) is 8.01. The van der Waals surface area contributed by atoms with E-state index >= 15 is 0 Å². The second-order valence-corrected chi connectivity index (χ2v) is 6.69. The van der Waals surface area contributed by atoms with Crippen molar-refractivity contribution in [1.82, 2.24) is 5.32 Å². The Morgan fingerprint density at radius 3 is 2.81 bits per heavy atom. The van der Waals surface area contributed by atoms with Crippen LogP contribution in [0, 0.1) is 0 Å². The molecule has 116 valence electrons. The van der Waals surface area contributed by atoms with Crippen LogP contribution in [-0.4, -0.2) is 30.0 Å². The summed E-state index contributed by atoms with van der Waals surface area (Å²) in [4.78, 5) is 12.6. The molecule has 3 nitrogen and oxygen atoms in total. The lowest BCUT2D eigenvalue weighted by atomic mass is 9.94. The van der Waals surface area contributed by atoms with E-state index in [-0.39, 0.29) is 5.91 Å². The molecule has 2 atom stereocenters. The summed E-state index contributed by atoms with van der Waals surface area (Å²) in [5.41, 5.74) is 1.70. The number of amides is 1. The number of carbonyl (C=O) groups is 1. The van der Waals surface area contributed by atoms with Crippen LogP contribution in [0.2, 0.25) is 0 Å². The maximum atomic E-state index is 12.6. The molecule has 1 amide bonds. The van der Waals surface area contributed by atoms with Crippen molar-refractivity contribution in [2.24, 2.45) is 0 Å². The van der Waals surface area contributed by atoms with Crippen LogP contribution < -0.4 is 10.6 Å². The van der Waals surface area contributed by atoms with Gasteiger partial charge >= 0.3 is 0 Å². The number of thioether (sulfide) groups is 1. The predicted octanol–water partition coefficient (Wildman–Crippen LogP) is 3.91. The zero-order valence-corrected chi connectivity index (χ0v) is 13.8. The lowest BCUT2D eigenvalue weighted by Crippen LogP contribution is -2.43. The molecule has 0 saturated heterocycles. The van der Waals surface area contributed by atoms with E-state index in [4.69, 9.17) is 0 Å². The van der Waals surface area contributed by atoms with Gasteiger partial charge in [-0.25, -0.2) is 0 Å². The number of hydrogen-bond donors (Lipinski definition) is 2. The summed E-state index contributed by atoms with van der Waals surface area (Å²) in [6, 6.07) is 8.10. The fraction of sp³-hybridized carbons (Fsp3) is 0.588. The molecule has 21 heavy (non-hydrogen) atoms. The number of benzene rings is 1. The quantitative estimate of drug-likeness (QED) is 0.837. The Hall–Kier alpha value is -1.16. The van der Waals surface area contributed by atoms with Crippen molar-refractivity contribution in [3.63, 3.8) is 0 Å². The molecule has 2 N–H and O–H groups in total. The Bertz CT molecular complexity index is 464. The van der Waals surface area contributed by atoms with Gasteiger partial charge in [-0.15, -0.1) is 0 Å². The zero-order chi connectivity index (χ0) is 15.1. The molecule has 0 heterocycles. The van der Waals surface area contributed by atoms with Crippen molar-refractivity contribution in [3.8, 4) is 0 Å². The predicted molar refractivity (Wildman–Crippen MR) is 92.2 cm³/mol. The van der Waals surface area contributed by atoms with Gasteiger partial charge in [-0.05, 0) is 37.7 Å². The smallest absolute Gasteiger partial charge is 0.253 e. The lowest BCUT2D eigenvalue weighted by molar-refractivity contribution is 0.0930. The minimum atomic E-state index is 0.0557. The molecule has 1 saturated carbocycles. The zero-order valence-electron chi connectivity index (χ0n) is 13.0. The van der Waals surface area contributed by atoms with Gasteiger partial charge in [0.15, 0.2) is 0 Å². The molecule has 1 aromatic carbocycles. The summed E-state index contributed by atoms with van der Waals surface area (Å²) in [6.45, 7) is 3.02. The summed E-state index contributed by atoms with van der Waals surface area (Å²) >= 11 is 1.88. The summed E-state index contributed by atoms with van der Waals surface area (Å²) < 4.78 is 0. The Kier molecular flexibility index (Phi) is 6.43. The van der Waals surface area contributed by atoms with E-state index in [2.05, 4.69) is 23.8 Å². The highest BCUT2D eigenvalue weighted by atomic mass is 32.2. The molecule has 1 fully saturated rings. The van der Waals surface area contributed by atoms with Crippen molar-refractivity contribution in [2.75, 3.05) is 18.1 Å². The lowest BCUT2D eigenvalue weighted by Gasteiger charge is -2.31. The molecule has 0 aliphatic heterocycles. The fourth-order valence-electron chi connectivity index (χ4n) is 2.89. The highest BCUT2D eigenvalue weighted by molar-refractivity contribution is 7.99. The van der Waals surface area contributed by atoms with Crippen molar-refractivity contribution >= 4 is 23.4 Å². The standard InChI is InChI=1S/C17H26N2OS/c1-3-12-18-14-9-5-4-8-13(14)17(20)19-15-10-6-7-11-16(15)21-2/h4-5,8-9,15-16,18H,3,6-7,10-12H2,1-2H3,(H,19,20). The first-order valence-electron chi connectivity index (χ1n) is 7.92. The number of carbonyl (C=O) groups excluding carboxylic acids is 1. The van der Waals surface area contributed by atoms with Gasteiger partial charge in [-0.1, -0.05) is 31.9 Å². The Morgan fingerprint density at radius 2 is 2.05 bits per heavy atom. The SMILES string of the molecule is CCCNc1ccccc1C(=O)NC1CCCCC1SC. The number of nitrogens with one attached hydrogen (secondary N) is 2. The molecule has 0 bridgehead atoms. The normalized spacial score (nSPS) is 21.8. The van der Waals surface area contributed by atoms with Crippen molar-refractivity contribution in [2.45, 2.75) is 50.3 Å². The fourth-order valence-corrected chi connectivity index (χ4v) is 3.82. The summed E-state index contributed by atoms with van der Waals surface area (Å²) in [7, 11) is 0. The van der Waals surface area contributed by atoms with Gasteiger partial charge in [0.2, 0.25) is 0 Å². The second-order valence-electron chi connectivity index (χ2n) is 5.61. The molecule has 1 aliphatic carbocycles. The maximum absolute atomic E-state index is 12.6. The maximum Gasteiger partial charge on any atom is 0.253 e. The molecule has 2 rings (SSSR count). The van der Waals surface area contributed by atoms with Gasteiger partial charge in [0, 0.05) is 23.5 Å². The Labute approximate surface area is 132 Å². The molecule has 0 spiro atoms. The Morgan fingerprint density at radius 1 is 1.29 bits per heavy atom. The van der Waals surface area contributed by atoms with E-state index in [1.807, 2.05) is 36.0 Å². The van der Waals surface area contributed by atoms with Gasteiger partial charge in [-0.3, -0.25) is 4.79 Å². The van der Waals surface area contributed by atoms with E-state index in [9.17, 15) is 4.79 Å². The highest BCUT2D eigenvalue weighted by Crippen LogP contribution is 2.27. The van der Waals surface area contributed by atoms with Crippen LogP contribution in [0.25, 0.3) is 0 Å². The highest BCUT2D eigenvalue weighted by Gasteiger charge is 2.26. The summed E-state index contributed by atoms with van der Waals surface area (Å²) in [5, 5.41) is 7.15. The van der Waals surface area contributed by atoms with E-state index in [0.29, 0.717) is 11.3 Å². The van der Waals surface area contributed by atoms with Crippen LogP contribution in [0.4, 0.5) is 5.69 Å². The second kappa shape index (κ2) is 8.32. The molecule has 0 radical (unpaired) electrons. The topological polar surface area (TPSA) is 41.1 Å². The number of hydrogen-bond acceptors (Lipinski definition) is 3. The van der Waals surface area contributed by atoms with E-state index in [0.717, 1.165) is 30.6 Å². The van der Waals surface area contributed by atoms with Crippen LogP contribution in [0.1, 0.15) is 49.4 Å². The van der Waals surface area contributed by atoms with Crippen LogP contribution in [0.3, 0.4) is 0 Å². The summed E-state index contributed by atoms with van der Waals surface area (Å²) in [5.74, 6) is 0.0557. The average Bonchev–Trinajstić information content (AvgIpc) is 2.53. The van der Waals surface area contributed by atoms with Crippen LogP contribution >= 0.6 is 11.8 Å². The first-order chi connectivity index (χ1) is 10.3. The Balaban J connectivity index is 2.05. The van der Waals surface area contributed by atoms with Crippen LogP contribution in [-0.2, 0) is 0 Å². The molecule has 0 aromatic heterocycles. The monoisotopic (exact) mass is 306 g/mol. The van der Waals surface area contributed by atoms with Gasteiger partial charge < -0.3 is 10.6 Å². The first kappa shape index (κ1) is 16.2. The molecule has 2 unspecified atom stereocenters. The minimum absolute atomic E-state index is 0.0557. The molecular weight excluding hydrogens is 280 g/mol. The van der Waals surface area contributed by atoms with Gasteiger partial charge in [0.05, 0.1) is 5.56 Å². The van der Waals surface area contributed by atoms with Crippen molar-refractivity contribution in [3.05, 3.63) is 29.8 Å². The molecule has 1 aliphatic rings. The van der Waals surface area contributed by atoms with Crippen molar-refractivity contribution < 1.29 is 4.79 Å². The average molecular weight is 306 g/mol. The van der Waals surface area contributed by atoms with Crippen LogP contribution in [0.5, 0.6) is 0 Å². The number of anilines is 1. The van der Waals surface area contributed by atoms with E-state index in [1.165, 1.54) is 19.3 Å². The molecule has 1 aromatic rings. The van der Waals surface area contributed by atoms with Crippen molar-refractivity contribution in [1.29, 1.82) is 0 Å². The van der Waals surface area contributed by atoms with Gasteiger partial charge in [-0.2, -0.15) is 11.8 Å². The molecular formula is C17H26N2OS. The van der Waals surface area contributed by atoms with Crippen LogP contribution in [0.15, 0.2) is 24.3 Å². The molecule has 4 heteroatoms. The van der Waals surface area contributed by atoms with E-state index in [1.54, 1.807) is 0 Å². The number of para-hydroxylation sites is 1. The third-order valence-corrected chi connectivity index (χ3v) is 5.23. The third kappa shape index (κ3) is 4.40. The first-order valence-corrected chi connectivity index (χ1v) is 9.21. The number of rotatable bonds is 6. The third-order valence-electron chi connectivity index (χ3n) is 4.06. The van der Waals surface area contributed by atoms with Gasteiger partial charge in [0.1, 0.15) is 0 Å². The minimum Gasteiger partial charge on any atom is -0.384 e. The van der Waals surface area contributed by atoms with Gasteiger partial charge in [0.25, 0.3) is 5.91 Å². The van der Waals surface area contributed by atoms with E-state index < -0.39 is 0 Å².